The Hall–Kier alpha value is -0.590. The van der Waals surface area contributed by atoms with Crippen molar-refractivity contribution in [2.45, 2.75) is 26.2 Å². The summed E-state index contributed by atoms with van der Waals surface area (Å²) in [7, 11) is -0.0136. The van der Waals surface area contributed by atoms with Crippen LogP contribution in [-0.4, -0.2) is 37.4 Å². The Kier molecular flexibility index (Phi) is 3.71. The molecule has 0 N–H and O–H groups in total. The van der Waals surface area contributed by atoms with Crippen LogP contribution in [0.15, 0.2) is 24.3 Å². The van der Waals surface area contributed by atoms with E-state index < -0.39 is 7.14 Å². The maximum absolute atomic E-state index is 12.9. The maximum atomic E-state index is 12.9. The zero-order valence-electron chi connectivity index (χ0n) is 11.9. The van der Waals surface area contributed by atoms with E-state index in [4.69, 9.17) is 0 Å². The molecule has 1 aliphatic heterocycles. The largest absolute Gasteiger partial charge is 0.319 e. The van der Waals surface area contributed by atoms with E-state index in [1.807, 2.05) is 0 Å². The summed E-state index contributed by atoms with van der Waals surface area (Å²) in [5.74, 6) is 0. The van der Waals surface area contributed by atoms with Gasteiger partial charge in [0.2, 0.25) is 0 Å². The van der Waals surface area contributed by atoms with Gasteiger partial charge in [0.15, 0.2) is 0 Å². The summed E-state index contributed by atoms with van der Waals surface area (Å²) in [4.78, 5) is 2.26. The number of benzene rings is 1. The summed E-state index contributed by atoms with van der Waals surface area (Å²) < 4.78 is 12.9. The Bertz CT molecular complexity index is 446. The van der Waals surface area contributed by atoms with Crippen LogP contribution < -0.4 is 5.30 Å². The van der Waals surface area contributed by atoms with Gasteiger partial charge in [0.25, 0.3) is 0 Å². The summed E-state index contributed by atoms with van der Waals surface area (Å²) in [6.07, 6.45) is 1.66. The highest BCUT2D eigenvalue weighted by Crippen LogP contribution is 2.46. The molecule has 0 bridgehead atoms. The zero-order chi connectivity index (χ0) is 13.4. The van der Waals surface area contributed by atoms with Crippen LogP contribution in [0.5, 0.6) is 0 Å². The van der Waals surface area contributed by atoms with Crippen molar-refractivity contribution in [3.05, 3.63) is 29.8 Å². The van der Waals surface area contributed by atoms with Gasteiger partial charge in [-0.15, -0.1) is 0 Å². The molecule has 0 unspecified atom stereocenters. The molecule has 0 saturated carbocycles. The van der Waals surface area contributed by atoms with Gasteiger partial charge >= 0.3 is 0 Å². The Labute approximate surface area is 111 Å². The molecule has 1 aliphatic rings. The van der Waals surface area contributed by atoms with E-state index >= 15 is 0 Å². The summed E-state index contributed by atoms with van der Waals surface area (Å²) >= 11 is 0. The smallest absolute Gasteiger partial charge is 0.118 e. The van der Waals surface area contributed by atoms with Crippen molar-refractivity contribution >= 4 is 12.4 Å². The first kappa shape index (κ1) is 13.8. The van der Waals surface area contributed by atoms with Crippen LogP contribution in [0.4, 0.5) is 0 Å². The van der Waals surface area contributed by atoms with Crippen molar-refractivity contribution in [2.75, 3.05) is 32.5 Å². The Morgan fingerprint density at radius 2 is 1.56 bits per heavy atom. The van der Waals surface area contributed by atoms with Gasteiger partial charge < -0.3 is 9.46 Å². The number of nitrogens with zero attached hydrogens (tertiary/aromatic N) is 1. The number of hydrogen-bond acceptors (Lipinski definition) is 2. The molecule has 0 aliphatic carbocycles. The molecule has 1 aromatic rings. The van der Waals surface area contributed by atoms with Crippen molar-refractivity contribution in [3.8, 4) is 0 Å². The van der Waals surface area contributed by atoms with Crippen molar-refractivity contribution in [1.82, 2.24) is 4.90 Å². The third-order valence-electron chi connectivity index (χ3n) is 3.89. The SMILES string of the molecule is CN1CCP(=O)(c2ccc(C(C)(C)C)cc2)CC1. The van der Waals surface area contributed by atoms with Gasteiger partial charge in [-0.1, -0.05) is 45.0 Å². The van der Waals surface area contributed by atoms with E-state index in [2.05, 4.69) is 57.0 Å². The monoisotopic (exact) mass is 265 g/mol. The molecule has 2 rings (SSSR count). The van der Waals surface area contributed by atoms with Crippen LogP contribution in [0.1, 0.15) is 26.3 Å². The second-order valence-corrected chi connectivity index (χ2v) is 9.63. The first-order chi connectivity index (χ1) is 8.31. The summed E-state index contributed by atoms with van der Waals surface area (Å²) in [6.45, 7) is 8.54. The highest BCUT2D eigenvalue weighted by molar-refractivity contribution is 7.71. The lowest BCUT2D eigenvalue weighted by Gasteiger charge is -2.30. The van der Waals surface area contributed by atoms with Gasteiger partial charge in [0.1, 0.15) is 7.14 Å². The van der Waals surface area contributed by atoms with Crippen molar-refractivity contribution < 1.29 is 4.57 Å². The predicted molar refractivity (Wildman–Crippen MR) is 79.6 cm³/mol. The number of hydrogen-bond donors (Lipinski definition) is 0. The lowest BCUT2D eigenvalue weighted by molar-refractivity contribution is 0.361. The maximum Gasteiger partial charge on any atom is 0.118 e. The highest BCUT2D eigenvalue weighted by atomic mass is 31.2. The van der Waals surface area contributed by atoms with Gasteiger partial charge in [-0.2, -0.15) is 0 Å². The molecule has 1 heterocycles. The van der Waals surface area contributed by atoms with E-state index in [9.17, 15) is 4.57 Å². The van der Waals surface area contributed by atoms with E-state index in [0.29, 0.717) is 0 Å². The topological polar surface area (TPSA) is 20.3 Å². The molecule has 1 fully saturated rings. The number of rotatable bonds is 1. The van der Waals surface area contributed by atoms with Gasteiger partial charge in [-0.05, 0) is 18.0 Å². The molecular formula is C15H24NOP. The second-order valence-electron chi connectivity index (χ2n) is 6.44. The minimum Gasteiger partial charge on any atom is -0.319 e. The van der Waals surface area contributed by atoms with Gasteiger partial charge in [-0.25, -0.2) is 0 Å². The Morgan fingerprint density at radius 1 is 1.06 bits per heavy atom. The third-order valence-corrected chi connectivity index (χ3v) is 6.97. The fraction of sp³-hybridized carbons (Fsp3) is 0.600. The lowest BCUT2D eigenvalue weighted by atomic mass is 9.87. The average Bonchev–Trinajstić information content (AvgIpc) is 2.32. The van der Waals surface area contributed by atoms with Crippen LogP contribution >= 0.6 is 7.14 Å². The van der Waals surface area contributed by atoms with Crippen LogP contribution in [0.25, 0.3) is 0 Å². The van der Waals surface area contributed by atoms with E-state index in [1.165, 1.54) is 5.56 Å². The molecule has 3 heteroatoms. The van der Waals surface area contributed by atoms with Crippen molar-refractivity contribution in [3.63, 3.8) is 0 Å². The molecular weight excluding hydrogens is 241 g/mol. The molecule has 0 radical (unpaired) electrons. The summed E-state index contributed by atoms with van der Waals surface area (Å²) in [5, 5.41) is 1.07. The highest BCUT2D eigenvalue weighted by Gasteiger charge is 2.29. The minimum absolute atomic E-state index is 0.166. The van der Waals surface area contributed by atoms with Crippen LogP contribution in [-0.2, 0) is 9.98 Å². The van der Waals surface area contributed by atoms with Gasteiger partial charge in [0.05, 0.1) is 0 Å². The van der Waals surface area contributed by atoms with E-state index in [1.54, 1.807) is 0 Å². The van der Waals surface area contributed by atoms with Crippen molar-refractivity contribution in [2.24, 2.45) is 0 Å². The van der Waals surface area contributed by atoms with Crippen LogP contribution in [0, 0.1) is 0 Å². The molecule has 18 heavy (non-hydrogen) atoms. The van der Waals surface area contributed by atoms with E-state index in [0.717, 1.165) is 30.7 Å². The fourth-order valence-electron chi connectivity index (χ4n) is 2.38. The molecule has 0 atom stereocenters. The van der Waals surface area contributed by atoms with Crippen LogP contribution in [0.3, 0.4) is 0 Å². The molecule has 0 aromatic heterocycles. The van der Waals surface area contributed by atoms with E-state index in [-0.39, 0.29) is 5.41 Å². The zero-order valence-corrected chi connectivity index (χ0v) is 12.8. The molecule has 100 valence electrons. The second kappa shape index (κ2) is 4.83. The normalized spacial score (nSPS) is 20.9. The minimum atomic E-state index is -2.12. The Balaban J connectivity index is 2.22. The first-order valence-electron chi connectivity index (χ1n) is 6.69. The van der Waals surface area contributed by atoms with Gasteiger partial charge in [0, 0.05) is 30.7 Å². The summed E-state index contributed by atoms with van der Waals surface area (Å²) in [5.41, 5.74) is 1.48. The molecule has 2 nitrogen and oxygen atoms in total. The van der Waals surface area contributed by atoms with Gasteiger partial charge in [-0.3, -0.25) is 0 Å². The van der Waals surface area contributed by atoms with Crippen LogP contribution in [0.2, 0.25) is 0 Å². The predicted octanol–water partition coefficient (Wildman–Crippen LogP) is 2.92. The molecule has 0 spiro atoms. The first-order valence-corrected chi connectivity index (χ1v) is 8.77. The Morgan fingerprint density at radius 3 is 2.00 bits per heavy atom. The van der Waals surface area contributed by atoms with Crippen molar-refractivity contribution in [1.29, 1.82) is 0 Å². The third kappa shape index (κ3) is 2.87. The molecule has 1 aromatic carbocycles. The standard InChI is InChI=1S/C15H24NOP/c1-15(2,3)13-5-7-14(8-6-13)18(17)11-9-16(4)10-12-18/h5-8H,9-12H2,1-4H3. The average molecular weight is 265 g/mol. The lowest BCUT2D eigenvalue weighted by Crippen LogP contribution is -2.34. The quantitative estimate of drug-likeness (QED) is 0.728. The molecule has 0 amide bonds. The fourth-order valence-corrected chi connectivity index (χ4v) is 5.14. The molecule has 1 saturated heterocycles. The summed E-state index contributed by atoms with van der Waals surface area (Å²) in [6, 6.07) is 8.47.